The molecule has 5 nitrogen and oxygen atoms in total. The zero-order valence-electron chi connectivity index (χ0n) is 16.5. The van der Waals surface area contributed by atoms with Gasteiger partial charge in [0.1, 0.15) is 11.5 Å². The van der Waals surface area contributed by atoms with Crippen molar-refractivity contribution < 1.29 is 14.3 Å². The summed E-state index contributed by atoms with van der Waals surface area (Å²) in [6, 6.07) is 22.5. The first-order valence-electron chi connectivity index (χ1n) is 9.69. The van der Waals surface area contributed by atoms with Gasteiger partial charge < -0.3 is 15.0 Å². The quantitative estimate of drug-likeness (QED) is 0.538. The molecule has 0 aromatic heterocycles. The van der Waals surface area contributed by atoms with Crippen LogP contribution in [0.25, 0.3) is 0 Å². The second kappa shape index (κ2) is 8.71. The zero-order chi connectivity index (χ0) is 21.1. The summed E-state index contributed by atoms with van der Waals surface area (Å²) in [5, 5.41) is 2.91. The summed E-state index contributed by atoms with van der Waals surface area (Å²) in [5.41, 5.74) is 2.59. The number of aryl methyl sites for hydroxylation is 1. The molecule has 1 heterocycles. The summed E-state index contributed by atoms with van der Waals surface area (Å²) in [7, 11) is 0. The number of anilines is 2. The van der Waals surface area contributed by atoms with Crippen LogP contribution in [0.15, 0.2) is 77.3 Å². The third-order valence-electron chi connectivity index (χ3n) is 4.98. The fraction of sp³-hybridized carbons (Fsp3) is 0.167. The van der Waals surface area contributed by atoms with E-state index in [0.29, 0.717) is 18.0 Å². The van der Waals surface area contributed by atoms with Gasteiger partial charge in [-0.3, -0.25) is 9.59 Å². The number of nitrogens with one attached hydrogen (secondary N) is 1. The second-order valence-corrected chi connectivity index (χ2v) is 8.23. The lowest BCUT2D eigenvalue weighted by atomic mass is 10.1. The van der Waals surface area contributed by atoms with Gasteiger partial charge in [-0.05, 0) is 73.2 Å². The molecule has 0 bridgehead atoms. The lowest BCUT2D eigenvalue weighted by Gasteiger charge is -2.17. The zero-order valence-corrected chi connectivity index (χ0v) is 18.1. The number of rotatable bonds is 5. The van der Waals surface area contributed by atoms with E-state index in [1.54, 1.807) is 29.2 Å². The van der Waals surface area contributed by atoms with Crippen molar-refractivity contribution in [2.45, 2.75) is 13.3 Å². The van der Waals surface area contributed by atoms with Gasteiger partial charge in [-0.15, -0.1) is 0 Å². The number of ether oxygens (including phenoxy) is 1. The van der Waals surface area contributed by atoms with Crippen molar-refractivity contribution in [1.29, 1.82) is 0 Å². The summed E-state index contributed by atoms with van der Waals surface area (Å²) in [4.78, 5) is 26.8. The maximum absolute atomic E-state index is 12.7. The number of benzene rings is 3. The maximum atomic E-state index is 12.7. The molecular formula is C24H21BrN2O3. The monoisotopic (exact) mass is 464 g/mol. The number of carbonyl (C=O) groups is 2. The highest BCUT2D eigenvalue weighted by atomic mass is 79.9. The van der Waals surface area contributed by atoms with Crippen LogP contribution in [0.4, 0.5) is 11.4 Å². The van der Waals surface area contributed by atoms with Gasteiger partial charge >= 0.3 is 0 Å². The predicted octanol–water partition coefficient (Wildman–Crippen LogP) is 5.54. The van der Waals surface area contributed by atoms with Crippen molar-refractivity contribution in [2.75, 3.05) is 16.8 Å². The largest absolute Gasteiger partial charge is 0.457 e. The van der Waals surface area contributed by atoms with E-state index in [2.05, 4.69) is 21.2 Å². The third kappa shape index (κ3) is 4.71. The molecular weight excluding hydrogens is 444 g/mol. The van der Waals surface area contributed by atoms with Crippen LogP contribution in [0.3, 0.4) is 0 Å². The molecule has 152 valence electrons. The summed E-state index contributed by atoms with van der Waals surface area (Å²) < 4.78 is 6.78. The normalized spacial score (nSPS) is 15.9. The van der Waals surface area contributed by atoms with Crippen molar-refractivity contribution in [3.05, 3.63) is 82.8 Å². The molecule has 1 atom stereocenters. The SMILES string of the molecule is Cc1cccc(N2C[C@@H](C(=O)Nc3ccc(Oc4ccc(Br)cc4)cc3)CC2=O)c1. The third-order valence-corrected chi connectivity index (χ3v) is 5.51. The van der Waals surface area contributed by atoms with E-state index in [9.17, 15) is 9.59 Å². The Morgan fingerprint density at radius 1 is 1.03 bits per heavy atom. The Labute approximate surface area is 183 Å². The molecule has 3 aromatic rings. The number of hydrogen-bond acceptors (Lipinski definition) is 3. The minimum Gasteiger partial charge on any atom is -0.457 e. The van der Waals surface area contributed by atoms with Crippen LogP contribution in [0.2, 0.25) is 0 Å². The van der Waals surface area contributed by atoms with E-state index in [0.717, 1.165) is 21.5 Å². The fourth-order valence-electron chi connectivity index (χ4n) is 3.42. The molecule has 2 amide bonds. The lowest BCUT2D eigenvalue weighted by molar-refractivity contribution is -0.122. The molecule has 0 radical (unpaired) electrons. The topological polar surface area (TPSA) is 58.6 Å². The first-order chi connectivity index (χ1) is 14.5. The summed E-state index contributed by atoms with van der Waals surface area (Å²) in [5.74, 6) is 0.850. The molecule has 1 N–H and O–H groups in total. The molecule has 30 heavy (non-hydrogen) atoms. The molecule has 3 aromatic carbocycles. The first-order valence-corrected chi connectivity index (χ1v) is 10.5. The standard InChI is InChI=1S/C24H21BrN2O3/c1-16-3-2-4-20(13-16)27-15-17(14-23(27)28)24(29)26-19-7-11-22(12-8-19)30-21-9-5-18(25)6-10-21/h2-13,17H,14-15H2,1H3,(H,26,29)/t17-/m0/s1. The Hall–Kier alpha value is -3.12. The minimum absolute atomic E-state index is 0.0287. The molecule has 4 rings (SSSR count). The van der Waals surface area contributed by atoms with Crippen molar-refractivity contribution >= 4 is 39.1 Å². The van der Waals surface area contributed by atoms with E-state index in [1.807, 2.05) is 55.5 Å². The van der Waals surface area contributed by atoms with Gasteiger partial charge in [0.05, 0.1) is 5.92 Å². The van der Waals surface area contributed by atoms with Crippen molar-refractivity contribution in [3.63, 3.8) is 0 Å². The van der Waals surface area contributed by atoms with Gasteiger partial charge in [0.25, 0.3) is 0 Å². The summed E-state index contributed by atoms with van der Waals surface area (Å²) in [6.07, 6.45) is 0.213. The molecule has 6 heteroatoms. The highest BCUT2D eigenvalue weighted by Gasteiger charge is 2.35. The van der Waals surface area contributed by atoms with Crippen molar-refractivity contribution in [1.82, 2.24) is 0 Å². The average molecular weight is 465 g/mol. The van der Waals surface area contributed by atoms with E-state index < -0.39 is 0 Å². The van der Waals surface area contributed by atoms with Crippen LogP contribution in [0.1, 0.15) is 12.0 Å². The van der Waals surface area contributed by atoms with E-state index in [-0.39, 0.29) is 24.2 Å². The molecule has 1 fully saturated rings. The van der Waals surface area contributed by atoms with Crippen LogP contribution in [0.5, 0.6) is 11.5 Å². The molecule has 1 aliphatic heterocycles. The van der Waals surface area contributed by atoms with Gasteiger partial charge in [-0.25, -0.2) is 0 Å². The van der Waals surface area contributed by atoms with Gasteiger partial charge in [-0.1, -0.05) is 28.1 Å². The number of nitrogens with zero attached hydrogens (tertiary/aromatic N) is 1. The minimum atomic E-state index is -0.378. The Morgan fingerprint density at radius 2 is 1.70 bits per heavy atom. The predicted molar refractivity (Wildman–Crippen MR) is 121 cm³/mol. The van der Waals surface area contributed by atoms with Gasteiger partial charge in [0.2, 0.25) is 11.8 Å². The summed E-state index contributed by atoms with van der Waals surface area (Å²) >= 11 is 3.40. The Balaban J connectivity index is 1.37. The Morgan fingerprint density at radius 3 is 2.37 bits per heavy atom. The highest BCUT2D eigenvalue weighted by Crippen LogP contribution is 2.28. The Kier molecular flexibility index (Phi) is 5.86. The van der Waals surface area contributed by atoms with Crippen LogP contribution in [0, 0.1) is 12.8 Å². The first kappa shape index (κ1) is 20.2. The van der Waals surface area contributed by atoms with Crippen LogP contribution >= 0.6 is 15.9 Å². The average Bonchev–Trinajstić information content (AvgIpc) is 3.13. The van der Waals surface area contributed by atoms with Crippen LogP contribution in [-0.4, -0.2) is 18.4 Å². The van der Waals surface area contributed by atoms with Crippen LogP contribution < -0.4 is 15.0 Å². The van der Waals surface area contributed by atoms with Gasteiger partial charge in [0.15, 0.2) is 0 Å². The number of halogens is 1. The van der Waals surface area contributed by atoms with Crippen molar-refractivity contribution in [2.24, 2.45) is 5.92 Å². The second-order valence-electron chi connectivity index (χ2n) is 7.31. The molecule has 0 aliphatic carbocycles. The smallest absolute Gasteiger partial charge is 0.229 e. The molecule has 0 spiro atoms. The van der Waals surface area contributed by atoms with Gasteiger partial charge in [0, 0.05) is 28.8 Å². The summed E-state index contributed by atoms with van der Waals surface area (Å²) in [6.45, 7) is 2.37. The lowest BCUT2D eigenvalue weighted by Crippen LogP contribution is -2.28. The van der Waals surface area contributed by atoms with E-state index in [4.69, 9.17) is 4.74 Å². The number of amides is 2. The van der Waals surface area contributed by atoms with E-state index >= 15 is 0 Å². The maximum Gasteiger partial charge on any atom is 0.229 e. The van der Waals surface area contributed by atoms with Gasteiger partial charge in [-0.2, -0.15) is 0 Å². The number of hydrogen-bond donors (Lipinski definition) is 1. The molecule has 0 saturated carbocycles. The van der Waals surface area contributed by atoms with E-state index in [1.165, 1.54) is 0 Å². The molecule has 1 saturated heterocycles. The number of carbonyl (C=O) groups excluding carboxylic acids is 2. The van der Waals surface area contributed by atoms with Crippen molar-refractivity contribution in [3.8, 4) is 11.5 Å². The highest BCUT2D eigenvalue weighted by molar-refractivity contribution is 9.10. The Bertz CT molecular complexity index is 1060. The fourth-order valence-corrected chi connectivity index (χ4v) is 3.68. The molecule has 0 unspecified atom stereocenters. The molecule has 1 aliphatic rings. The van der Waals surface area contributed by atoms with Crippen LogP contribution in [-0.2, 0) is 9.59 Å².